The second kappa shape index (κ2) is 7.00. The third-order valence-corrected chi connectivity index (χ3v) is 3.57. The predicted octanol–water partition coefficient (Wildman–Crippen LogP) is 3.96. The Bertz CT molecular complexity index is 863. The van der Waals surface area contributed by atoms with Crippen molar-refractivity contribution in [2.24, 2.45) is 0 Å². The lowest BCUT2D eigenvalue weighted by atomic mass is 10.1. The lowest BCUT2D eigenvalue weighted by molar-refractivity contribution is 0.0947. The third-order valence-electron chi connectivity index (χ3n) is 3.57. The van der Waals surface area contributed by atoms with Gasteiger partial charge in [-0.05, 0) is 48.0 Å². The summed E-state index contributed by atoms with van der Waals surface area (Å²) in [6, 6.07) is 15.3. The van der Waals surface area contributed by atoms with Gasteiger partial charge in [0.1, 0.15) is 11.6 Å². The summed E-state index contributed by atoms with van der Waals surface area (Å²) in [6.45, 7) is 0.188. The van der Waals surface area contributed by atoms with E-state index >= 15 is 0 Å². The van der Waals surface area contributed by atoms with Crippen LogP contribution in [0.4, 0.5) is 8.78 Å². The number of carbonyl (C=O) groups is 1. The number of carbonyl (C=O) groups excluding carboxylic acids is 1. The van der Waals surface area contributed by atoms with Crippen molar-refractivity contribution in [1.29, 1.82) is 0 Å². The van der Waals surface area contributed by atoms with Gasteiger partial charge in [0.25, 0.3) is 5.91 Å². The first-order valence-corrected chi connectivity index (χ1v) is 7.38. The average Bonchev–Trinajstić information content (AvgIpc) is 2.61. The minimum absolute atomic E-state index is 0.00952. The Labute approximate surface area is 138 Å². The lowest BCUT2D eigenvalue weighted by Gasteiger charge is -2.10. The summed E-state index contributed by atoms with van der Waals surface area (Å²) in [5.74, 6) is -1.40. The van der Waals surface area contributed by atoms with E-state index in [1.54, 1.807) is 30.5 Å². The molecule has 0 saturated heterocycles. The van der Waals surface area contributed by atoms with Crippen molar-refractivity contribution in [2.45, 2.75) is 6.54 Å². The molecule has 0 spiro atoms. The minimum atomic E-state index is -0.569. The molecule has 0 radical (unpaired) electrons. The second-order valence-electron chi connectivity index (χ2n) is 5.18. The van der Waals surface area contributed by atoms with Crippen LogP contribution in [-0.4, -0.2) is 10.9 Å². The molecule has 3 rings (SSSR count). The first kappa shape index (κ1) is 15.8. The van der Waals surface area contributed by atoms with Crippen LogP contribution in [0, 0.1) is 11.6 Å². The molecule has 3 aromatic rings. The molecule has 0 aliphatic heterocycles. The lowest BCUT2D eigenvalue weighted by Crippen LogP contribution is -2.24. The molecule has 0 aliphatic carbocycles. The van der Waals surface area contributed by atoms with Gasteiger partial charge >= 0.3 is 0 Å². The fourth-order valence-corrected chi connectivity index (χ4v) is 2.37. The van der Waals surface area contributed by atoms with Crippen LogP contribution in [0.25, 0.3) is 11.3 Å². The van der Waals surface area contributed by atoms with Crippen LogP contribution in [0.5, 0.6) is 0 Å². The van der Waals surface area contributed by atoms with Gasteiger partial charge in [0.15, 0.2) is 0 Å². The summed E-state index contributed by atoms with van der Waals surface area (Å²) in [6.07, 6.45) is 1.63. The molecule has 2 aromatic carbocycles. The molecule has 24 heavy (non-hydrogen) atoms. The van der Waals surface area contributed by atoms with Crippen molar-refractivity contribution in [1.82, 2.24) is 10.3 Å². The van der Waals surface area contributed by atoms with E-state index in [2.05, 4.69) is 10.3 Å². The minimum Gasteiger partial charge on any atom is -0.348 e. The van der Waals surface area contributed by atoms with Crippen LogP contribution in [0.3, 0.4) is 0 Å². The molecule has 3 nitrogen and oxygen atoms in total. The number of nitrogens with zero attached hydrogens (tertiary/aromatic N) is 1. The number of pyridine rings is 1. The number of halogens is 2. The first-order valence-electron chi connectivity index (χ1n) is 7.38. The largest absolute Gasteiger partial charge is 0.348 e. The van der Waals surface area contributed by atoms with Gasteiger partial charge in [-0.1, -0.05) is 18.2 Å². The van der Waals surface area contributed by atoms with Crippen LogP contribution in [0.15, 0.2) is 66.9 Å². The van der Waals surface area contributed by atoms with Crippen molar-refractivity contribution >= 4 is 5.91 Å². The van der Waals surface area contributed by atoms with Crippen molar-refractivity contribution < 1.29 is 13.6 Å². The monoisotopic (exact) mass is 324 g/mol. The first-order chi connectivity index (χ1) is 11.6. The Morgan fingerprint density at radius 1 is 0.958 bits per heavy atom. The highest BCUT2D eigenvalue weighted by Gasteiger charge is 2.12. The highest BCUT2D eigenvalue weighted by molar-refractivity contribution is 5.94. The molecule has 0 fully saturated rings. The average molecular weight is 324 g/mol. The quantitative estimate of drug-likeness (QED) is 0.789. The van der Waals surface area contributed by atoms with Gasteiger partial charge < -0.3 is 5.32 Å². The van der Waals surface area contributed by atoms with Gasteiger partial charge in [-0.15, -0.1) is 0 Å². The fourth-order valence-electron chi connectivity index (χ4n) is 2.37. The Kier molecular flexibility index (Phi) is 4.61. The molecule has 0 unspecified atom stereocenters. The van der Waals surface area contributed by atoms with Crippen molar-refractivity contribution in [3.05, 3.63) is 89.6 Å². The van der Waals surface area contributed by atoms with Gasteiger partial charge in [-0.25, -0.2) is 8.78 Å². The van der Waals surface area contributed by atoms with E-state index < -0.39 is 11.7 Å². The van der Waals surface area contributed by atoms with Gasteiger partial charge in [0.05, 0.1) is 11.3 Å². The second-order valence-corrected chi connectivity index (χ2v) is 5.18. The Morgan fingerprint density at radius 3 is 2.46 bits per heavy atom. The maximum Gasteiger partial charge on any atom is 0.254 e. The molecule has 0 aliphatic rings. The van der Waals surface area contributed by atoms with E-state index in [0.717, 1.165) is 11.1 Å². The van der Waals surface area contributed by atoms with Crippen LogP contribution >= 0.6 is 0 Å². The molecule has 1 amide bonds. The molecule has 5 heteroatoms. The SMILES string of the molecule is O=C(NCc1cccnc1-c1ccc(F)cc1)c1ccccc1F. The Morgan fingerprint density at radius 2 is 1.71 bits per heavy atom. The van der Waals surface area contributed by atoms with E-state index in [4.69, 9.17) is 0 Å². The number of rotatable bonds is 4. The van der Waals surface area contributed by atoms with E-state index in [0.29, 0.717) is 5.69 Å². The molecule has 1 aromatic heterocycles. The van der Waals surface area contributed by atoms with Gasteiger partial charge in [-0.3, -0.25) is 9.78 Å². The zero-order valence-electron chi connectivity index (χ0n) is 12.7. The molecule has 0 atom stereocenters. The number of aromatic nitrogens is 1. The zero-order valence-corrected chi connectivity index (χ0v) is 12.7. The normalized spacial score (nSPS) is 10.4. The topological polar surface area (TPSA) is 42.0 Å². The van der Waals surface area contributed by atoms with Crippen molar-refractivity contribution in [3.8, 4) is 11.3 Å². The molecule has 120 valence electrons. The summed E-state index contributed by atoms with van der Waals surface area (Å²) in [5.41, 5.74) is 2.14. The van der Waals surface area contributed by atoms with Crippen LogP contribution < -0.4 is 5.32 Å². The standard InChI is InChI=1S/C19H14F2N2O/c20-15-9-7-13(8-10-15)18-14(4-3-11-22-18)12-23-19(24)16-5-1-2-6-17(16)21/h1-11H,12H2,(H,23,24). The predicted molar refractivity (Wildman–Crippen MR) is 87.2 cm³/mol. The summed E-state index contributed by atoms with van der Waals surface area (Å²) >= 11 is 0. The van der Waals surface area contributed by atoms with E-state index in [1.165, 1.54) is 30.3 Å². The number of benzene rings is 2. The van der Waals surface area contributed by atoms with Crippen molar-refractivity contribution in [2.75, 3.05) is 0 Å². The zero-order chi connectivity index (χ0) is 16.9. The summed E-state index contributed by atoms with van der Waals surface area (Å²) in [7, 11) is 0. The van der Waals surface area contributed by atoms with Crippen molar-refractivity contribution in [3.63, 3.8) is 0 Å². The van der Waals surface area contributed by atoms with E-state index in [9.17, 15) is 13.6 Å². The number of nitrogens with one attached hydrogen (secondary N) is 1. The molecular formula is C19H14F2N2O. The van der Waals surface area contributed by atoms with Crippen LogP contribution in [0.2, 0.25) is 0 Å². The van der Waals surface area contributed by atoms with Gasteiger partial charge in [0.2, 0.25) is 0 Å². The van der Waals surface area contributed by atoms with Crippen LogP contribution in [0.1, 0.15) is 15.9 Å². The summed E-state index contributed by atoms with van der Waals surface area (Å²) < 4.78 is 26.7. The smallest absolute Gasteiger partial charge is 0.254 e. The highest BCUT2D eigenvalue weighted by Crippen LogP contribution is 2.21. The van der Waals surface area contributed by atoms with Crippen LogP contribution in [-0.2, 0) is 6.54 Å². The third kappa shape index (κ3) is 3.46. The molecule has 0 bridgehead atoms. The Hall–Kier alpha value is -3.08. The van der Waals surface area contributed by atoms with Gasteiger partial charge in [-0.2, -0.15) is 0 Å². The number of hydrogen-bond acceptors (Lipinski definition) is 2. The maximum atomic E-state index is 13.6. The Balaban J connectivity index is 1.80. The number of hydrogen-bond donors (Lipinski definition) is 1. The van der Waals surface area contributed by atoms with E-state index in [-0.39, 0.29) is 17.9 Å². The molecular weight excluding hydrogens is 310 g/mol. The summed E-state index contributed by atoms with van der Waals surface area (Å²) in [5, 5.41) is 2.68. The fraction of sp³-hybridized carbons (Fsp3) is 0.0526. The molecule has 1 N–H and O–H groups in total. The van der Waals surface area contributed by atoms with E-state index in [1.807, 2.05) is 6.07 Å². The highest BCUT2D eigenvalue weighted by atomic mass is 19.1. The maximum absolute atomic E-state index is 13.6. The molecule has 0 saturated carbocycles. The van der Waals surface area contributed by atoms with Gasteiger partial charge in [0, 0.05) is 18.3 Å². The molecule has 1 heterocycles. The number of amides is 1. The summed E-state index contributed by atoms with van der Waals surface area (Å²) in [4.78, 5) is 16.4.